The van der Waals surface area contributed by atoms with Crippen LogP contribution in [0.15, 0.2) is 66.7 Å². The maximum atomic E-state index is 12.7. The molecule has 0 aromatic heterocycles. The van der Waals surface area contributed by atoms with Gasteiger partial charge in [-0.3, -0.25) is 9.59 Å². The number of phenols is 1. The number of phenolic OH excluding ortho intramolecular Hbond substituents is 1. The number of ether oxygens (including phenoxy) is 3. The third kappa shape index (κ3) is 6.14. The Hall–Kier alpha value is -3.80. The molecule has 0 spiro atoms. The first-order valence-corrected chi connectivity index (χ1v) is 18.2. The summed E-state index contributed by atoms with van der Waals surface area (Å²) in [6.45, 7) is 9.35. The maximum Gasteiger partial charge on any atom is 0.311 e. The molecule has 3 aromatic carbocycles. The Kier molecular flexibility index (Phi) is 9.65. The third-order valence-corrected chi connectivity index (χ3v) is 13.2. The van der Waals surface area contributed by atoms with Crippen molar-refractivity contribution in [3.05, 3.63) is 94.5 Å². The fraction of sp³-hybridized carbons (Fsp3) is 0.535. The van der Waals surface area contributed by atoms with Gasteiger partial charge in [0.25, 0.3) is 0 Å². The molecule has 3 aromatic rings. The summed E-state index contributed by atoms with van der Waals surface area (Å²) in [5.74, 6) is 1.68. The Labute approximate surface area is 292 Å². The first-order valence-electron chi connectivity index (χ1n) is 18.2. The summed E-state index contributed by atoms with van der Waals surface area (Å²) in [4.78, 5) is 25.1. The van der Waals surface area contributed by atoms with Gasteiger partial charge in [0.2, 0.25) is 0 Å². The predicted octanol–water partition coefficient (Wildman–Crippen LogP) is 9.02. The van der Waals surface area contributed by atoms with E-state index in [1.54, 1.807) is 6.07 Å². The van der Waals surface area contributed by atoms with Crippen molar-refractivity contribution >= 4 is 11.9 Å². The van der Waals surface area contributed by atoms with Gasteiger partial charge in [0, 0.05) is 0 Å². The average Bonchev–Trinajstić information content (AvgIpc) is 3.11. The molecule has 6 heteroatoms. The van der Waals surface area contributed by atoms with Crippen LogP contribution in [0.1, 0.15) is 107 Å². The van der Waals surface area contributed by atoms with Crippen LogP contribution in [-0.2, 0) is 49.3 Å². The Morgan fingerprint density at radius 1 is 0.694 bits per heavy atom. The third-order valence-electron chi connectivity index (χ3n) is 13.2. The zero-order chi connectivity index (χ0) is 35.0. The number of aromatic hydroxyl groups is 1. The molecule has 2 saturated carbocycles. The van der Waals surface area contributed by atoms with E-state index in [4.69, 9.17) is 14.2 Å². The van der Waals surface area contributed by atoms with Crippen LogP contribution in [0.3, 0.4) is 0 Å². The van der Waals surface area contributed by atoms with Crippen molar-refractivity contribution in [3.63, 3.8) is 0 Å². The zero-order valence-electron chi connectivity index (χ0n) is 30.3. The number of hydrogen-bond acceptors (Lipinski definition) is 6. The Morgan fingerprint density at radius 2 is 1.20 bits per heavy atom. The van der Waals surface area contributed by atoms with E-state index in [1.807, 2.05) is 30.3 Å². The quantitative estimate of drug-likeness (QED) is 0.274. The summed E-state index contributed by atoms with van der Waals surface area (Å²) >= 11 is 0. The fourth-order valence-corrected chi connectivity index (χ4v) is 10.7. The van der Waals surface area contributed by atoms with Gasteiger partial charge < -0.3 is 19.3 Å². The highest BCUT2D eigenvalue weighted by Crippen LogP contribution is 2.59. The number of aryl methyl sites for hydroxylation is 2. The molecule has 6 atom stereocenters. The molecule has 2 fully saturated rings. The smallest absolute Gasteiger partial charge is 0.311 e. The van der Waals surface area contributed by atoms with Gasteiger partial charge in [0.15, 0.2) is 0 Å². The molecular formula is C43H54O6. The van der Waals surface area contributed by atoms with E-state index in [0.29, 0.717) is 18.3 Å². The van der Waals surface area contributed by atoms with E-state index in [2.05, 4.69) is 58.0 Å². The molecule has 0 amide bonds. The molecule has 0 unspecified atom stereocenters. The minimum Gasteiger partial charge on any atom is -0.508 e. The maximum absolute atomic E-state index is 12.7. The first kappa shape index (κ1) is 35.0. The SMILES string of the molecule is COC(=O)[C@@]1(C)CCC[C@]2(C)c3cc(O)ccc3CC[C@@H]12.COC(=O)[C@@]1(C)CCC[C@]2(C)c3cc(OCc4ccccc4)ccc3CC[C@@H]12. The minimum atomic E-state index is -0.412. The Morgan fingerprint density at radius 3 is 1.73 bits per heavy atom. The van der Waals surface area contributed by atoms with E-state index in [9.17, 15) is 14.7 Å². The number of hydrogen-bond donors (Lipinski definition) is 1. The lowest BCUT2D eigenvalue weighted by Crippen LogP contribution is -2.52. The molecule has 0 radical (unpaired) electrons. The highest BCUT2D eigenvalue weighted by molar-refractivity contribution is 5.78. The first-order chi connectivity index (χ1) is 23.4. The van der Waals surface area contributed by atoms with Crippen LogP contribution in [0.2, 0.25) is 0 Å². The van der Waals surface area contributed by atoms with Gasteiger partial charge in [0.05, 0.1) is 25.0 Å². The van der Waals surface area contributed by atoms with E-state index < -0.39 is 10.8 Å². The van der Waals surface area contributed by atoms with Crippen LogP contribution in [0, 0.1) is 22.7 Å². The van der Waals surface area contributed by atoms with Gasteiger partial charge in [-0.05, 0) is 140 Å². The second-order valence-corrected chi connectivity index (χ2v) is 16.0. The van der Waals surface area contributed by atoms with Gasteiger partial charge in [-0.2, -0.15) is 0 Å². The van der Waals surface area contributed by atoms with Gasteiger partial charge in [-0.1, -0.05) is 69.2 Å². The number of benzene rings is 3. The average molecular weight is 667 g/mol. The predicted molar refractivity (Wildman–Crippen MR) is 192 cm³/mol. The van der Waals surface area contributed by atoms with Gasteiger partial charge in [-0.15, -0.1) is 0 Å². The lowest BCUT2D eigenvalue weighted by molar-refractivity contribution is -0.162. The van der Waals surface area contributed by atoms with Crippen molar-refractivity contribution in [1.82, 2.24) is 0 Å². The van der Waals surface area contributed by atoms with E-state index in [1.165, 1.54) is 42.0 Å². The molecule has 0 bridgehead atoms. The number of carbonyl (C=O) groups is 2. The van der Waals surface area contributed by atoms with Crippen LogP contribution in [0.25, 0.3) is 0 Å². The van der Waals surface area contributed by atoms with Crippen molar-refractivity contribution in [2.45, 2.75) is 109 Å². The van der Waals surface area contributed by atoms with Gasteiger partial charge in [-0.25, -0.2) is 0 Å². The summed E-state index contributed by atoms with van der Waals surface area (Å²) in [6, 6.07) is 22.5. The molecule has 49 heavy (non-hydrogen) atoms. The summed E-state index contributed by atoms with van der Waals surface area (Å²) in [6.07, 6.45) is 10.1. The summed E-state index contributed by atoms with van der Waals surface area (Å²) in [7, 11) is 3.01. The lowest BCUT2D eigenvalue weighted by atomic mass is 9.50. The van der Waals surface area contributed by atoms with Crippen molar-refractivity contribution in [1.29, 1.82) is 0 Å². The highest BCUT2D eigenvalue weighted by Gasteiger charge is 2.57. The number of carbonyl (C=O) groups excluding carboxylic acids is 2. The molecule has 1 N–H and O–H groups in total. The normalized spacial score (nSPS) is 31.3. The number of fused-ring (bicyclic) bond motifs is 6. The van der Waals surface area contributed by atoms with Gasteiger partial charge >= 0.3 is 11.9 Å². The highest BCUT2D eigenvalue weighted by atomic mass is 16.5. The van der Waals surface area contributed by atoms with Crippen molar-refractivity contribution in [2.75, 3.05) is 14.2 Å². The molecule has 0 saturated heterocycles. The molecule has 6 nitrogen and oxygen atoms in total. The van der Waals surface area contributed by atoms with Crippen molar-refractivity contribution < 1.29 is 28.9 Å². The van der Waals surface area contributed by atoms with E-state index >= 15 is 0 Å². The Balaban J connectivity index is 0.000000177. The number of esters is 2. The minimum absolute atomic E-state index is 0.0130. The van der Waals surface area contributed by atoms with Crippen molar-refractivity contribution in [2.24, 2.45) is 22.7 Å². The summed E-state index contributed by atoms with van der Waals surface area (Å²) < 4.78 is 16.4. The van der Waals surface area contributed by atoms with Crippen LogP contribution in [0.5, 0.6) is 11.5 Å². The lowest BCUT2D eigenvalue weighted by Gasteiger charge is -2.54. The molecular weight excluding hydrogens is 612 g/mol. The van der Waals surface area contributed by atoms with Crippen LogP contribution < -0.4 is 4.74 Å². The van der Waals surface area contributed by atoms with Crippen LogP contribution in [0.4, 0.5) is 0 Å². The second-order valence-electron chi connectivity index (χ2n) is 16.0. The fourth-order valence-electron chi connectivity index (χ4n) is 10.7. The zero-order valence-corrected chi connectivity index (χ0v) is 30.3. The molecule has 4 aliphatic rings. The summed E-state index contributed by atoms with van der Waals surface area (Å²) in [5, 5.41) is 9.89. The molecule has 262 valence electrons. The Bertz CT molecular complexity index is 1680. The standard InChI is InChI=1S/C25H30O3.C18H24O3/c1-24-14-7-15-25(2,23(26)27-3)22(24)13-11-19-10-12-20(16-21(19)24)28-17-18-8-5-4-6-9-18;1-17-9-4-10-18(2,16(20)21-3)15(17)8-6-12-5-7-13(19)11-14(12)17/h4-6,8-10,12,16,22H,7,11,13-15,17H2,1-3H3;5,7,11,15,19H,4,6,8-10H2,1-3H3/t22-,24-,25+;15-,17-,18+/m11/s1. The van der Waals surface area contributed by atoms with Crippen LogP contribution >= 0.6 is 0 Å². The van der Waals surface area contributed by atoms with Crippen molar-refractivity contribution in [3.8, 4) is 11.5 Å². The topological polar surface area (TPSA) is 82.1 Å². The largest absolute Gasteiger partial charge is 0.508 e. The monoisotopic (exact) mass is 666 g/mol. The summed E-state index contributed by atoms with van der Waals surface area (Å²) in [5.41, 5.74) is 5.61. The molecule has 4 aliphatic carbocycles. The van der Waals surface area contributed by atoms with E-state index in [-0.39, 0.29) is 28.7 Å². The molecule has 0 aliphatic heterocycles. The molecule has 0 heterocycles. The molecule has 7 rings (SSSR count). The number of methoxy groups -OCH3 is 2. The number of rotatable bonds is 5. The van der Waals surface area contributed by atoms with E-state index in [0.717, 1.165) is 70.0 Å². The van der Waals surface area contributed by atoms with Gasteiger partial charge in [0.1, 0.15) is 18.1 Å². The second kappa shape index (κ2) is 13.5. The van der Waals surface area contributed by atoms with Crippen LogP contribution in [-0.4, -0.2) is 31.3 Å².